The molecule has 0 fully saturated rings. The molecule has 1 heterocycles. The first-order chi connectivity index (χ1) is 16.2. The van der Waals surface area contributed by atoms with Gasteiger partial charge in [0.1, 0.15) is 5.78 Å². The lowest BCUT2D eigenvalue weighted by atomic mass is 9.99. The number of rotatable bonds is 10. The van der Waals surface area contributed by atoms with Gasteiger partial charge >= 0.3 is 0 Å². The van der Waals surface area contributed by atoms with Crippen LogP contribution in [0.1, 0.15) is 30.0 Å². The summed E-state index contributed by atoms with van der Waals surface area (Å²) in [5.41, 5.74) is 7.16. The highest BCUT2D eigenvalue weighted by Crippen LogP contribution is 2.26. The third-order valence-electron chi connectivity index (χ3n) is 5.96. The smallest absolute Gasteiger partial charge is 0.137 e. The van der Waals surface area contributed by atoms with E-state index in [4.69, 9.17) is 0 Å². The molecule has 0 saturated heterocycles. The van der Waals surface area contributed by atoms with Crippen LogP contribution in [0.3, 0.4) is 0 Å². The van der Waals surface area contributed by atoms with E-state index in [1.165, 1.54) is 22.4 Å². The standard InChI is InChI=1S/C30H30N2O/c1-2-32(23-27-12-6-7-13-30(27)26-10-4-3-5-11-26)28-17-14-24(15-18-28)21-29(33)19-16-25-9-8-20-31-22-25/h3-15,17-18,20,22H,2,16,19,21,23H2,1H3. The molecule has 4 rings (SSSR count). The van der Waals surface area contributed by atoms with Gasteiger partial charge < -0.3 is 4.90 Å². The van der Waals surface area contributed by atoms with Crippen molar-refractivity contribution in [3.8, 4) is 11.1 Å². The summed E-state index contributed by atoms with van der Waals surface area (Å²) in [5, 5.41) is 0. The number of benzene rings is 3. The molecule has 3 nitrogen and oxygen atoms in total. The highest BCUT2D eigenvalue weighted by Gasteiger charge is 2.11. The topological polar surface area (TPSA) is 33.2 Å². The maximum atomic E-state index is 12.4. The van der Waals surface area contributed by atoms with Gasteiger partial charge in [0.05, 0.1) is 0 Å². The summed E-state index contributed by atoms with van der Waals surface area (Å²) in [6.45, 7) is 3.93. The van der Waals surface area contributed by atoms with Crippen LogP contribution >= 0.6 is 0 Å². The van der Waals surface area contributed by atoms with Gasteiger partial charge in [0.15, 0.2) is 0 Å². The molecular weight excluding hydrogens is 404 g/mol. The molecule has 0 spiro atoms. The summed E-state index contributed by atoms with van der Waals surface area (Å²) >= 11 is 0. The zero-order valence-corrected chi connectivity index (χ0v) is 19.2. The Bertz CT molecular complexity index is 1150. The minimum atomic E-state index is 0.260. The minimum Gasteiger partial charge on any atom is -0.367 e. The summed E-state index contributed by atoms with van der Waals surface area (Å²) in [5.74, 6) is 0.260. The van der Waals surface area contributed by atoms with Gasteiger partial charge in [-0.3, -0.25) is 9.78 Å². The summed E-state index contributed by atoms with van der Waals surface area (Å²) < 4.78 is 0. The van der Waals surface area contributed by atoms with Gasteiger partial charge in [-0.05, 0) is 59.4 Å². The van der Waals surface area contributed by atoms with Crippen molar-refractivity contribution in [1.29, 1.82) is 0 Å². The Balaban J connectivity index is 1.40. The minimum absolute atomic E-state index is 0.260. The Labute approximate surface area is 196 Å². The predicted octanol–water partition coefficient (Wildman–Crippen LogP) is 6.52. The first-order valence-electron chi connectivity index (χ1n) is 11.6. The van der Waals surface area contributed by atoms with E-state index in [0.29, 0.717) is 12.8 Å². The van der Waals surface area contributed by atoms with E-state index in [1.54, 1.807) is 6.20 Å². The number of aryl methyl sites for hydroxylation is 1. The molecule has 0 amide bonds. The molecule has 0 bridgehead atoms. The first kappa shape index (κ1) is 22.5. The molecule has 1 aromatic heterocycles. The number of aromatic nitrogens is 1. The lowest BCUT2D eigenvalue weighted by molar-refractivity contribution is -0.118. The maximum Gasteiger partial charge on any atom is 0.137 e. The highest BCUT2D eigenvalue weighted by molar-refractivity contribution is 5.81. The third kappa shape index (κ3) is 6.17. The van der Waals surface area contributed by atoms with Crippen molar-refractivity contribution in [3.63, 3.8) is 0 Å². The quantitative estimate of drug-likeness (QED) is 0.285. The number of ketones is 1. The number of anilines is 1. The summed E-state index contributed by atoms with van der Waals surface area (Å²) in [6, 6.07) is 31.5. The van der Waals surface area contributed by atoms with Crippen LogP contribution in [-0.4, -0.2) is 17.3 Å². The Kier molecular flexibility index (Phi) is 7.65. The third-order valence-corrected chi connectivity index (χ3v) is 5.96. The van der Waals surface area contributed by atoms with Gasteiger partial charge in [-0.25, -0.2) is 0 Å². The van der Waals surface area contributed by atoms with Crippen molar-refractivity contribution in [1.82, 2.24) is 4.98 Å². The molecule has 0 N–H and O–H groups in total. The molecule has 0 atom stereocenters. The van der Waals surface area contributed by atoms with Crippen LogP contribution in [0.15, 0.2) is 103 Å². The van der Waals surface area contributed by atoms with Crippen molar-refractivity contribution < 1.29 is 4.79 Å². The van der Waals surface area contributed by atoms with E-state index in [1.807, 2.05) is 18.3 Å². The second-order valence-electron chi connectivity index (χ2n) is 8.28. The van der Waals surface area contributed by atoms with Crippen LogP contribution in [0.25, 0.3) is 11.1 Å². The number of pyridine rings is 1. The van der Waals surface area contributed by atoms with Gasteiger partial charge in [-0.15, -0.1) is 0 Å². The number of Topliss-reactive ketones (excluding diaryl/α,β-unsaturated/α-hetero) is 1. The van der Waals surface area contributed by atoms with Crippen molar-refractivity contribution in [2.75, 3.05) is 11.4 Å². The Morgan fingerprint density at radius 1 is 0.818 bits per heavy atom. The fourth-order valence-corrected chi connectivity index (χ4v) is 4.12. The molecule has 3 aromatic carbocycles. The zero-order valence-electron chi connectivity index (χ0n) is 19.2. The molecule has 166 valence electrons. The highest BCUT2D eigenvalue weighted by atomic mass is 16.1. The van der Waals surface area contributed by atoms with Crippen LogP contribution in [0.5, 0.6) is 0 Å². The van der Waals surface area contributed by atoms with Crippen molar-refractivity contribution >= 4 is 11.5 Å². The number of carbonyl (C=O) groups is 1. The zero-order chi connectivity index (χ0) is 22.9. The van der Waals surface area contributed by atoms with Crippen LogP contribution in [0, 0.1) is 0 Å². The van der Waals surface area contributed by atoms with Crippen molar-refractivity contribution in [2.24, 2.45) is 0 Å². The Morgan fingerprint density at radius 3 is 2.30 bits per heavy atom. The average Bonchev–Trinajstić information content (AvgIpc) is 2.88. The summed E-state index contributed by atoms with van der Waals surface area (Å²) in [4.78, 5) is 18.9. The lowest BCUT2D eigenvalue weighted by Crippen LogP contribution is -2.22. The van der Waals surface area contributed by atoms with Gasteiger partial charge in [0.2, 0.25) is 0 Å². The first-order valence-corrected chi connectivity index (χ1v) is 11.6. The monoisotopic (exact) mass is 434 g/mol. The van der Waals surface area contributed by atoms with Crippen LogP contribution < -0.4 is 4.90 Å². The number of hydrogen-bond acceptors (Lipinski definition) is 3. The van der Waals surface area contributed by atoms with E-state index >= 15 is 0 Å². The maximum absolute atomic E-state index is 12.4. The van der Waals surface area contributed by atoms with E-state index in [9.17, 15) is 4.79 Å². The van der Waals surface area contributed by atoms with Crippen molar-refractivity contribution in [2.45, 2.75) is 32.7 Å². The molecule has 0 aliphatic rings. The van der Waals surface area contributed by atoms with Crippen molar-refractivity contribution in [3.05, 3.63) is 120 Å². The Morgan fingerprint density at radius 2 is 1.58 bits per heavy atom. The number of nitrogens with zero attached hydrogens (tertiary/aromatic N) is 2. The van der Waals surface area contributed by atoms with Crippen LogP contribution in [-0.2, 0) is 24.2 Å². The van der Waals surface area contributed by atoms with Gasteiger partial charge in [-0.2, -0.15) is 0 Å². The van der Waals surface area contributed by atoms with Gasteiger partial charge in [0.25, 0.3) is 0 Å². The van der Waals surface area contributed by atoms with E-state index in [2.05, 4.69) is 95.7 Å². The molecule has 0 unspecified atom stereocenters. The summed E-state index contributed by atoms with van der Waals surface area (Å²) in [6.07, 6.45) is 5.35. The molecule has 3 heteroatoms. The van der Waals surface area contributed by atoms with E-state index in [0.717, 1.165) is 30.6 Å². The van der Waals surface area contributed by atoms with E-state index < -0.39 is 0 Å². The molecule has 0 radical (unpaired) electrons. The molecule has 0 aliphatic carbocycles. The number of hydrogen-bond donors (Lipinski definition) is 0. The lowest BCUT2D eigenvalue weighted by Gasteiger charge is -2.25. The largest absolute Gasteiger partial charge is 0.367 e. The molecule has 33 heavy (non-hydrogen) atoms. The van der Waals surface area contributed by atoms with Gasteiger partial charge in [-0.1, -0.05) is 72.8 Å². The fourth-order valence-electron chi connectivity index (χ4n) is 4.12. The Hall–Kier alpha value is -3.72. The van der Waals surface area contributed by atoms with E-state index in [-0.39, 0.29) is 5.78 Å². The van der Waals surface area contributed by atoms with Crippen LogP contribution in [0.4, 0.5) is 5.69 Å². The second-order valence-corrected chi connectivity index (χ2v) is 8.28. The molecule has 4 aromatic rings. The van der Waals surface area contributed by atoms with Gasteiger partial charge in [0, 0.05) is 44.0 Å². The fraction of sp³-hybridized carbons (Fsp3) is 0.200. The average molecular weight is 435 g/mol. The molecule has 0 saturated carbocycles. The SMILES string of the molecule is CCN(Cc1ccccc1-c1ccccc1)c1ccc(CC(=O)CCc2cccnc2)cc1. The normalized spacial score (nSPS) is 10.7. The predicted molar refractivity (Wildman–Crippen MR) is 136 cm³/mol. The van der Waals surface area contributed by atoms with Crippen LogP contribution in [0.2, 0.25) is 0 Å². The molecule has 0 aliphatic heterocycles. The second kappa shape index (κ2) is 11.2. The number of carbonyl (C=O) groups excluding carboxylic acids is 1. The summed E-state index contributed by atoms with van der Waals surface area (Å²) in [7, 11) is 0. The molecular formula is C30H30N2O.